The minimum absolute atomic E-state index is 0.607. The molecule has 0 saturated heterocycles. The Labute approximate surface area is 76.0 Å². The van der Waals surface area contributed by atoms with E-state index in [0.717, 1.165) is 5.01 Å². The van der Waals surface area contributed by atoms with Gasteiger partial charge >= 0.3 is 0 Å². The summed E-state index contributed by atoms with van der Waals surface area (Å²) < 4.78 is 0. The summed E-state index contributed by atoms with van der Waals surface area (Å²) >= 11 is 1.55. The fourth-order valence-corrected chi connectivity index (χ4v) is 2.54. The van der Waals surface area contributed by atoms with Gasteiger partial charge in [-0.1, -0.05) is 30.6 Å². The van der Waals surface area contributed by atoms with Crippen LogP contribution in [-0.4, -0.2) is 10.2 Å². The van der Waals surface area contributed by atoms with Crippen molar-refractivity contribution in [1.29, 1.82) is 0 Å². The molecule has 0 aromatic carbocycles. The molecule has 0 amide bonds. The SMILES string of the molecule is Nc1nnc(C2CCCCC2)s1. The Bertz CT molecular complexity index is 253. The van der Waals surface area contributed by atoms with E-state index in [9.17, 15) is 0 Å². The maximum Gasteiger partial charge on any atom is 0.203 e. The van der Waals surface area contributed by atoms with Crippen LogP contribution in [0, 0.1) is 0 Å². The summed E-state index contributed by atoms with van der Waals surface area (Å²) in [6.07, 6.45) is 6.60. The molecular weight excluding hydrogens is 170 g/mol. The zero-order valence-electron chi connectivity index (χ0n) is 6.99. The quantitative estimate of drug-likeness (QED) is 0.726. The predicted octanol–water partition coefficient (Wildman–Crippen LogP) is 2.17. The van der Waals surface area contributed by atoms with Crippen LogP contribution in [0.5, 0.6) is 0 Å². The van der Waals surface area contributed by atoms with E-state index in [1.165, 1.54) is 32.1 Å². The molecule has 12 heavy (non-hydrogen) atoms. The van der Waals surface area contributed by atoms with E-state index in [0.29, 0.717) is 11.0 Å². The lowest BCUT2D eigenvalue weighted by Crippen LogP contribution is -2.03. The average Bonchev–Trinajstić information content (AvgIpc) is 2.54. The zero-order chi connectivity index (χ0) is 8.39. The van der Waals surface area contributed by atoms with Gasteiger partial charge in [0.2, 0.25) is 5.13 Å². The van der Waals surface area contributed by atoms with Crippen molar-refractivity contribution in [3.63, 3.8) is 0 Å². The van der Waals surface area contributed by atoms with Crippen molar-refractivity contribution in [2.24, 2.45) is 0 Å². The summed E-state index contributed by atoms with van der Waals surface area (Å²) in [5, 5.41) is 9.67. The maximum atomic E-state index is 5.53. The van der Waals surface area contributed by atoms with Gasteiger partial charge in [-0.2, -0.15) is 0 Å². The molecule has 1 heterocycles. The van der Waals surface area contributed by atoms with E-state index in [4.69, 9.17) is 5.73 Å². The van der Waals surface area contributed by atoms with E-state index < -0.39 is 0 Å². The minimum atomic E-state index is 0.607. The lowest BCUT2D eigenvalue weighted by Gasteiger charge is -2.18. The largest absolute Gasteiger partial charge is 0.374 e. The molecule has 2 rings (SSSR count). The zero-order valence-corrected chi connectivity index (χ0v) is 7.81. The Kier molecular flexibility index (Phi) is 2.26. The molecule has 1 aliphatic carbocycles. The van der Waals surface area contributed by atoms with Gasteiger partial charge in [0.15, 0.2) is 0 Å². The van der Waals surface area contributed by atoms with Crippen LogP contribution in [-0.2, 0) is 0 Å². The molecule has 0 radical (unpaired) electrons. The Hall–Kier alpha value is -0.640. The number of nitrogens with two attached hydrogens (primary N) is 1. The number of anilines is 1. The first-order valence-electron chi connectivity index (χ1n) is 4.45. The van der Waals surface area contributed by atoms with Crippen molar-refractivity contribution in [3.8, 4) is 0 Å². The Balaban J connectivity index is 2.08. The minimum Gasteiger partial charge on any atom is -0.374 e. The molecule has 66 valence electrons. The molecule has 2 N–H and O–H groups in total. The van der Waals surface area contributed by atoms with Crippen LogP contribution in [0.1, 0.15) is 43.0 Å². The van der Waals surface area contributed by atoms with Crippen molar-refractivity contribution in [2.45, 2.75) is 38.0 Å². The van der Waals surface area contributed by atoms with Crippen LogP contribution in [0.4, 0.5) is 5.13 Å². The van der Waals surface area contributed by atoms with E-state index in [1.807, 2.05) is 0 Å². The molecule has 0 atom stereocenters. The first-order chi connectivity index (χ1) is 5.86. The Morgan fingerprint density at radius 1 is 1.17 bits per heavy atom. The molecule has 1 aromatic rings. The third-order valence-electron chi connectivity index (χ3n) is 2.41. The van der Waals surface area contributed by atoms with Gasteiger partial charge < -0.3 is 5.73 Å². The van der Waals surface area contributed by atoms with Crippen molar-refractivity contribution < 1.29 is 0 Å². The number of hydrogen-bond donors (Lipinski definition) is 1. The Morgan fingerprint density at radius 3 is 2.50 bits per heavy atom. The summed E-state index contributed by atoms with van der Waals surface area (Å²) in [7, 11) is 0. The molecule has 1 aliphatic rings. The van der Waals surface area contributed by atoms with E-state index in [2.05, 4.69) is 10.2 Å². The molecular formula is C8H13N3S. The molecule has 3 nitrogen and oxygen atoms in total. The van der Waals surface area contributed by atoms with Gasteiger partial charge in [0.05, 0.1) is 0 Å². The van der Waals surface area contributed by atoms with Crippen molar-refractivity contribution in [1.82, 2.24) is 10.2 Å². The number of nitrogen functional groups attached to an aromatic ring is 1. The highest BCUT2D eigenvalue weighted by Crippen LogP contribution is 2.34. The molecule has 1 saturated carbocycles. The van der Waals surface area contributed by atoms with Crippen molar-refractivity contribution >= 4 is 16.5 Å². The standard InChI is InChI=1S/C8H13N3S/c9-8-11-10-7(12-8)6-4-2-1-3-5-6/h6H,1-5H2,(H2,9,11). The number of hydrogen-bond acceptors (Lipinski definition) is 4. The fourth-order valence-electron chi connectivity index (χ4n) is 1.76. The van der Waals surface area contributed by atoms with Gasteiger partial charge in [0.25, 0.3) is 0 Å². The number of rotatable bonds is 1. The number of nitrogens with zero attached hydrogens (tertiary/aromatic N) is 2. The fraction of sp³-hybridized carbons (Fsp3) is 0.750. The topological polar surface area (TPSA) is 51.8 Å². The molecule has 0 unspecified atom stereocenters. The smallest absolute Gasteiger partial charge is 0.203 e. The Morgan fingerprint density at radius 2 is 1.92 bits per heavy atom. The lowest BCUT2D eigenvalue weighted by molar-refractivity contribution is 0.440. The highest BCUT2D eigenvalue weighted by molar-refractivity contribution is 7.15. The summed E-state index contributed by atoms with van der Waals surface area (Å²) in [5.41, 5.74) is 5.53. The highest BCUT2D eigenvalue weighted by Gasteiger charge is 2.18. The van der Waals surface area contributed by atoms with E-state index in [1.54, 1.807) is 11.3 Å². The van der Waals surface area contributed by atoms with Crippen LogP contribution in [0.15, 0.2) is 0 Å². The first-order valence-corrected chi connectivity index (χ1v) is 5.27. The van der Waals surface area contributed by atoms with E-state index in [-0.39, 0.29) is 0 Å². The van der Waals surface area contributed by atoms with Gasteiger partial charge in [0, 0.05) is 5.92 Å². The van der Waals surface area contributed by atoms with Gasteiger partial charge in [-0.05, 0) is 12.8 Å². The molecule has 0 aliphatic heterocycles. The number of aromatic nitrogens is 2. The molecule has 4 heteroatoms. The first kappa shape index (κ1) is 7.98. The third-order valence-corrected chi connectivity index (χ3v) is 3.33. The lowest BCUT2D eigenvalue weighted by atomic mass is 9.90. The average molecular weight is 183 g/mol. The molecule has 0 bridgehead atoms. The molecule has 0 spiro atoms. The summed E-state index contributed by atoms with van der Waals surface area (Å²) in [4.78, 5) is 0. The normalized spacial score (nSPS) is 19.7. The summed E-state index contributed by atoms with van der Waals surface area (Å²) in [6, 6.07) is 0. The summed E-state index contributed by atoms with van der Waals surface area (Å²) in [5.74, 6) is 0.647. The van der Waals surface area contributed by atoms with Crippen LogP contribution in [0.3, 0.4) is 0 Å². The second kappa shape index (κ2) is 3.39. The van der Waals surface area contributed by atoms with Gasteiger partial charge in [-0.25, -0.2) is 0 Å². The predicted molar refractivity (Wildman–Crippen MR) is 50.1 cm³/mol. The maximum absolute atomic E-state index is 5.53. The third kappa shape index (κ3) is 1.58. The van der Waals surface area contributed by atoms with Crippen molar-refractivity contribution in [2.75, 3.05) is 5.73 Å². The second-order valence-electron chi connectivity index (χ2n) is 3.31. The van der Waals surface area contributed by atoms with Crippen LogP contribution in [0.2, 0.25) is 0 Å². The summed E-state index contributed by atoms with van der Waals surface area (Å²) in [6.45, 7) is 0. The van der Waals surface area contributed by atoms with Crippen molar-refractivity contribution in [3.05, 3.63) is 5.01 Å². The van der Waals surface area contributed by atoms with E-state index >= 15 is 0 Å². The van der Waals surface area contributed by atoms with Gasteiger partial charge in [-0.3, -0.25) is 0 Å². The monoisotopic (exact) mass is 183 g/mol. The second-order valence-corrected chi connectivity index (χ2v) is 4.35. The van der Waals surface area contributed by atoms with Gasteiger partial charge in [-0.15, -0.1) is 10.2 Å². The van der Waals surface area contributed by atoms with Gasteiger partial charge in [0.1, 0.15) is 5.01 Å². The molecule has 1 fully saturated rings. The van der Waals surface area contributed by atoms with Crippen LogP contribution in [0.25, 0.3) is 0 Å². The van der Waals surface area contributed by atoms with Crippen LogP contribution >= 0.6 is 11.3 Å². The molecule has 1 aromatic heterocycles. The van der Waals surface area contributed by atoms with Crippen LogP contribution < -0.4 is 5.73 Å². The highest BCUT2D eigenvalue weighted by atomic mass is 32.1.